The van der Waals surface area contributed by atoms with Crippen LogP contribution in [0.3, 0.4) is 0 Å². The largest absolute Gasteiger partial charge is 0.364 e. The van der Waals surface area contributed by atoms with Crippen molar-refractivity contribution in [3.63, 3.8) is 0 Å². The standard InChI is InChI=1S/C24H29FN8O/c1-24(2,3)23-30-19(33-34-23)13-27-11-15-5-4-14(10-18(15)25)17-7-9-28-21-20(17)22(32-31-21)29-16-6-8-26-12-16/h4-5,7,9-10,16,26-27H,6,8,11-13H2,1-3H3,(H2,28,29,31,32). The van der Waals surface area contributed by atoms with Gasteiger partial charge in [-0.1, -0.05) is 38.1 Å². The summed E-state index contributed by atoms with van der Waals surface area (Å²) >= 11 is 0. The van der Waals surface area contributed by atoms with E-state index in [1.54, 1.807) is 18.3 Å². The zero-order valence-electron chi connectivity index (χ0n) is 19.6. The van der Waals surface area contributed by atoms with Crippen molar-refractivity contribution in [1.82, 2.24) is 36.0 Å². The molecule has 1 aromatic carbocycles. The molecule has 178 valence electrons. The van der Waals surface area contributed by atoms with Crippen LogP contribution in [0.2, 0.25) is 0 Å². The minimum atomic E-state index is -0.281. The normalized spacial score (nSPS) is 16.4. The number of hydrogen-bond donors (Lipinski definition) is 4. The number of aromatic nitrogens is 5. The van der Waals surface area contributed by atoms with Crippen LogP contribution in [-0.2, 0) is 18.5 Å². The molecule has 4 heterocycles. The van der Waals surface area contributed by atoms with Gasteiger partial charge in [0.2, 0.25) is 5.89 Å². The Morgan fingerprint density at radius 2 is 2.09 bits per heavy atom. The van der Waals surface area contributed by atoms with Crippen LogP contribution < -0.4 is 16.0 Å². The first-order valence-corrected chi connectivity index (χ1v) is 11.5. The van der Waals surface area contributed by atoms with E-state index < -0.39 is 0 Å². The quantitative estimate of drug-likeness (QED) is 0.328. The average molecular weight is 465 g/mol. The van der Waals surface area contributed by atoms with E-state index >= 15 is 4.39 Å². The van der Waals surface area contributed by atoms with Gasteiger partial charge in [-0.15, -0.1) is 0 Å². The SMILES string of the molecule is CC(C)(C)c1nc(CNCc2ccc(-c3ccnc4[nH]nc(NC5CCNC5)c34)cc2F)no1. The Morgan fingerprint density at radius 1 is 1.21 bits per heavy atom. The summed E-state index contributed by atoms with van der Waals surface area (Å²) in [7, 11) is 0. The second-order valence-electron chi connectivity index (χ2n) is 9.66. The third kappa shape index (κ3) is 4.64. The number of benzene rings is 1. The molecule has 4 N–H and O–H groups in total. The number of H-pyrrole nitrogens is 1. The van der Waals surface area contributed by atoms with Crippen molar-refractivity contribution in [1.29, 1.82) is 0 Å². The summed E-state index contributed by atoms with van der Waals surface area (Å²) in [4.78, 5) is 8.79. The van der Waals surface area contributed by atoms with Crippen LogP contribution in [0.4, 0.5) is 10.2 Å². The molecule has 0 saturated carbocycles. The van der Waals surface area contributed by atoms with E-state index in [2.05, 4.69) is 41.3 Å². The second kappa shape index (κ2) is 9.11. The van der Waals surface area contributed by atoms with Gasteiger partial charge in [0.1, 0.15) is 5.82 Å². The Hall–Kier alpha value is -3.37. The Kier molecular flexibility index (Phi) is 6.01. The Bertz CT molecular complexity index is 1290. The Morgan fingerprint density at radius 3 is 2.82 bits per heavy atom. The molecule has 5 rings (SSSR count). The molecule has 3 aromatic heterocycles. The number of anilines is 1. The van der Waals surface area contributed by atoms with Gasteiger partial charge < -0.3 is 20.5 Å². The van der Waals surface area contributed by atoms with Crippen molar-refractivity contribution < 1.29 is 8.91 Å². The first-order valence-electron chi connectivity index (χ1n) is 11.5. The molecule has 10 heteroatoms. The fourth-order valence-electron chi connectivity index (χ4n) is 4.06. The van der Waals surface area contributed by atoms with Crippen LogP contribution in [0, 0.1) is 5.82 Å². The summed E-state index contributed by atoms with van der Waals surface area (Å²) in [6.07, 6.45) is 2.74. The Balaban J connectivity index is 1.31. The highest BCUT2D eigenvalue weighted by molar-refractivity contribution is 6.00. The van der Waals surface area contributed by atoms with Gasteiger partial charge in [-0.3, -0.25) is 5.10 Å². The topological polar surface area (TPSA) is 117 Å². The first kappa shape index (κ1) is 22.4. The van der Waals surface area contributed by atoms with E-state index in [1.165, 1.54) is 0 Å². The van der Waals surface area contributed by atoms with E-state index in [1.807, 2.05) is 32.9 Å². The third-order valence-corrected chi connectivity index (χ3v) is 5.93. The van der Waals surface area contributed by atoms with Crippen LogP contribution in [0.25, 0.3) is 22.2 Å². The minimum absolute atomic E-state index is 0.204. The van der Waals surface area contributed by atoms with E-state index in [4.69, 9.17) is 4.52 Å². The third-order valence-electron chi connectivity index (χ3n) is 5.93. The number of aromatic amines is 1. The number of halogens is 1. The van der Waals surface area contributed by atoms with Crippen LogP contribution in [0.5, 0.6) is 0 Å². The monoisotopic (exact) mass is 464 g/mol. The molecule has 0 aliphatic carbocycles. The minimum Gasteiger partial charge on any atom is -0.364 e. The van der Waals surface area contributed by atoms with Gasteiger partial charge >= 0.3 is 0 Å². The molecule has 1 aliphatic heterocycles. The van der Waals surface area contributed by atoms with Crippen molar-refractivity contribution in [2.75, 3.05) is 18.4 Å². The van der Waals surface area contributed by atoms with Crippen LogP contribution in [0.1, 0.15) is 44.5 Å². The number of nitrogens with one attached hydrogen (secondary N) is 4. The molecule has 4 aromatic rings. The van der Waals surface area contributed by atoms with Gasteiger partial charge in [0.05, 0.1) is 11.9 Å². The molecular formula is C24H29FN8O. The van der Waals surface area contributed by atoms with Gasteiger partial charge in [-0.05, 0) is 36.2 Å². The summed E-state index contributed by atoms with van der Waals surface area (Å²) in [6, 6.07) is 7.49. The van der Waals surface area contributed by atoms with Gasteiger partial charge in [0.25, 0.3) is 0 Å². The van der Waals surface area contributed by atoms with E-state index in [-0.39, 0.29) is 11.2 Å². The molecule has 1 saturated heterocycles. The van der Waals surface area contributed by atoms with Crippen molar-refractivity contribution in [3.05, 3.63) is 53.6 Å². The molecule has 1 fully saturated rings. The molecule has 1 unspecified atom stereocenters. The van der Waals surface area contributed by atoms with Crippen molar-refractivity contribution in [3.8, 4) is 11.1 Å². The lowest BCUT2D eigenvalue weighted by molar-refractivity contribution is 0.317. The molecule has 0 amide bonds. The second-order valence-corrected chi connectivity index (χ2v) is 9.66. The van der Waals surface area contributed by atoms with E-state index in [9.17, 15) is 0 Å². The van der Waals surface area contributed by atoms with E-state index in [0.29, 0.717) is 42.1 Å². The van der Waals surface area contributed by atoms with Gasteiger partial charge in [0.15, 0.2) is 17.3 Å². The summed E-state index contributed by atoms with van der Waals surface area (Å²) in [5, 5.41) is 22.3. The lowest BCUT2D eigenvalue weighted by atomic mass is 9.97. The summed E-state index contributed by atoms with van der Waals surface area (Å²) in [6.45, 7) is 8.66. The van der Waals surface area contributed by atoms with Crippen molar-refractivity contribution in [2.45, 2.75) is 51.7 Å². The molecule has 34 heavy (non-hydrogen) atoms. The number of fused-ring (bicyclic) bond motifs is 1. The molecule has 0 radical (unpaired) electrons. The first-order chi connectivity index (χ1) is 16.4. The van der Waals surface area contributed by atoms with Crippen molar-refractivity contribution in [2.24, 2.45) is 0 Å². The van der Waals surface area contributed by atoms with Gasteiger partial charge in [0, 0.05) is 36.3 Å². The summed E-state index contributed by atoms with van der Waals surface area (Å²) < 4.78 is 20.3. The maximum atomic E-state index is 15.0. The highest BCUT2D eigenvalue weighted by atomic mass is 19.1. The zero-order valence-corrected chi connectivity index (χ0v) is 19.6. The molecule has 9 nitrogen and oxygen atoms in total. The fraction of sp³-hybridized carbons (Fsp3) is 0.417. The number of pyridine rings is 1. The molecule has 1 aliphatic rings. The highest BCUT2D eigenvalue weighted by Crippen LogP contribution is 2.33. The number of nitrogens with zero attached hydrogens (tertiary/aromatic N) is 4. The van der Waals surface area contributed by atoms with Gasteiger partial charge in [-0.25, -0.2) is 9.37 Å². The van der Waals surface area contributed by atoms with Crippen LogP contribution >= 0.6 is 0 Å². The Labute approximate surface area is 196 Å². The lowest BCUT2D eigenvalue weighted by Gasteiger charge is -2.12. The van der Waals surface area contributed by atoms with E-state index in [0.717, 1.165) is 41.8 Å². The summed E-state index contributed by atoms with van der Waals surface area (Å²) in [5.41, 5.74) is 2.69. The molecule has 0 bridgehead atoms. The molecule has 0 spiro atoms. The fourth-order valence-corrected chi connectivity index (χ4v) is 4.06. The summed E-state index contributed by atoms with van der Waals surface area (Å²) in [5.74, 6) is 1.60. The predicted octanol–water partition coefficient (Wildman–Crippen LogP) is 3.51. The molecular weight excluding hydrogens is 435 g/mol. The van der Waals surface area contributed by atoms with Crippen LogP contribution in [-0.4, -0.2) is 44.5 Å². The maximum absolute atomic E-state index is 15.0. The van der Waals surface area contributed by atoms with Gasteiger partial charge in [-0.2, -0.15) is 10.1 Å². The number of rotatable bonds is 7. The zero-order chi connectivity index (χ0) is 23.7. The highest BCUT2D eigenvalue weighted by Gasteiger charge is 2.22. The van der Waals surface area contributed by atoms with Crippen LogP contribution in [0.15, 0.2) is 35.0 Å². The average Bonchev–Trinajstić information content (AvgIpc) is 3.56. The predicted molar refractivity (Wildman–Crippen MR) is 128 cm³/mol. The smallest absolute Gasteiger partial charge is 0.232 e. The maximum Gasteiger partial charge on any atom is 0.232 e. The lowest BCUT2D eigenvalue weighted by Crippen LogP contribution is -2.22. The number of hydrogen-bond acceptors (Lipinski definition) is 8. The van der Waals surface area contributed by atoms with Crippen molar-refractivity contribution >= 4 is 16.9 Å². The molecule has 1 atom stereocenters.